The van der Waals surface area contributed by atoms with Gasteiger partial charge in [0, 0.05) is 79.0 Å². The first-order valence-corrected chi connectivity index (χ1v) is 43.4. The number of esters is 1. The molecule has 634 valence electrons. The number of methoxy groups -OCH3 is 1. The first-order valence-electron chi connectivity index (χ1n) is 42.2. The van der Waals surface area contributed by atoms with Crippen molar-refractivity contribution in [2.45, 2.75) is 131 Å². The molecule has 0 aliphatic rings. The molecule has 18 nitrogen and oxygen atoms in total. The van der Waals surface area contributed by atoms with Crippen molar-refractivity contribution < 1.29 is 13.9 Å². The van der Waals surface area contributed by atoms with E-state index in [-0.39, 0.29) is 5.82 Å². The monoisotopic (exact) mass is 1680 g/mol. The SMILES string of the molecule is COC(=O)c1cccc(Nc2nc(Cc3cccc(C)c3)nc(Cc3cccc(C)c3)n2)c1.CSc1cccc(Nc2nc(Cc3cccc(C)c3)nc(Cc3cccc(C)c3)n2)c1.Cc1cccc(Cc2nc(Cc3cccc(C)c3)nc(Nc3ccc(F)cc3)n2)c1.Cc1cccc(Cc2nc(Cc3cccc(C)c3)nc(Nc3cccc(C(C)C)c3)n2)c1. The molecule has 0 saturated heterocycles. The molecule has 0 atom stereocenters. The standard InChI is InChI=1S/C28H30N4.C27H26N4O2.C26H26N4S.C25H23FN4/c1-19(2)24-12-7-13-25(18-24)29-28-31-26(16-22-10-5-8-20(3)14-22)30-27(32-28)17-23-11-6-9-21(4)15-23;1-18-7-4-9-20(13-18)15-24-29-25(16-21-10-5-8-19(2)14-21)31-27(30-24)28-23-12-6-11-22(17-23)26(32)33-3;1-18-7-4-9-20(13-18)15-24-28-25(16-21-10-5-8-19(2)14-21)30-26(29-24)27-22-11-6-12-23(17-22)31-3;1-17-5-3-7-19(13-17)15-23-28-24(16-20-8-4-6-18(2)14-20)30-25(29-23)27-22-11-9-21(26)10-12-22/h5-15,18-19H,16-17H2,1-4H3,(H,29,30,31,32);4-14,17H,15-16H2,1-3H3,(H,28,29,30,31);4-14,17H,15-16H2,1-3H3,(H,27,28,29,30);3-14H,15-16H2,1-2H3,(H,27,28,29,30). The molecule has 16 aromatic rings. The number of halogens is 1. The molecule has 0 fully saturated rings. The zero-order valence-corrected chi connectivity index (χ0v) is 74.2. The molecule has 0 radical (unpaired) electrons. The molecule has 0 aliphatic carbocycles. The Labute approximate surface area is 743 Å². The van der Waals surface area contributed by atoms with Crippen LogP contribution in [0.3, 0.4) is 0 Å². The van der Waals surface area contributed by atoms with E-state index in [1.807, 2.05) is 42.5 Å². The van der Waals surface area contributed by atoms with Gasteiger partial charge in [0.2, 0.25) is 23.8 Å². The summed E-state index contributed by atoms with van der Waals surface area (Å²) >= 11 is 1.71. The number of benzene rings is 12. The predicted molar refractivity (Wildman–Crippen MR) is 507 cm³/mol. The molecule has 0 aliphatic heterocycles. The average molecular weight is 1690 g/mol. The molecule has 20 heteroatoms. The maximum Gasteiger partial charge on any atom is 0.337 e. The van der Waals surface area contributed by atoms with Gasteiger partial charge in [-0.15, -0.1) is 11.8 Å². The molecule has 0 bridgehead atoms. The van der Waals surface area contributed by atoms with Crippen LogP contribution in [-0.4, -0.2) is 79.1 Å². The molecule has 0 amide bonds. The second-order valence-corrected chi connectivity index (χ2v) is 32.8. The molecule has 4 aromatic heterocycles. The Morgan fingerprint density at radius 1 is 0.294 bits per heavy atom. The van der Waals surface area contributed by atoms with Gasteiger partial charge >= 0.3 is 5.97 Å². The highest BCUT2D eigenvalue weighted by atomic mass is 32.2. The Balaban J connectivity index is 0.000000144. The highest BCUT2D eigenvalue weighted by Gasteiger charge is 2.18. The summed E-state index contributed by atoms with van der Waals surface area (Å²) in [6.45, 7) is 21.1. The van der Waals surface area contributed by atoms with E-state index in [1.165, 1.54) is 96.5 Å². The van der Waals surface area contributed by atoms with Gasteiger partial charge in [0.15, 0.2) is 0 Å². The Morgan fingerprint density at radius 3 is 0.802 bits per heavy atom. The van der Waals surface area contributed by atoms with Gasteiger partial charge in [-0.05, 0) is 190 Å². The van der Waals surface area contributed by atoms with E-state index in [4.69, 9.17) is 44.6 Å². The highest BCUT2D eigenvalue weighted by molar-refractivity contribution is 7.98. The number of rotatable bonds is 27. The minimum Gasteiger partial charge on any atom is -0.465 e. The molecule has 16 rings (SSSR count). The second kappa shape index (κ2) is 44.1. The number of carbonyl (C=O) groups excluding carboxylic acids is 1. The van der Waals surface area contributed by atoms with Crippen LogP contribution in [0, 0.1) is 61.2 Å². The van der Waals surface area contributed by atoms with Gasteiger partial charge in [-0.2, -0.15) is 39.9 Å². The summed E-state index contributed by atoms with van der Waals surface area (Å²) in [7, 11) is 1.36. The van der Waals surface area contributed by atoms with E-state index in [1.54, 1.807) is 42.1 Å². The van der Waals surface area contributed by atoms with Crippen LogP contribution < -0.4 is 21.3 Å². The van der Waals surface area contributed by atoms with Gasteiger partial charge in [-0.1, -0.05) is 277 Å². The number of aromatic nitrogens is 12. The topological polar surface area (TPSA) is 229 Å². The predicted octanol–water partition coefficient (Wildman–Crippen LogP) is 23.4. The van der Waals surface area contributed by atoms with Crippen molar-refractivity contribution in [2.24, 2.45) is 0 Å². The van der Waals surface area contributed by atoms with Crippen LogP contribution in [0.1, 0.15) is 171 Å². The van der Waals surface area contributed by atoms with Crippen molar-refractivity contribution >= 4 is 64.3 Å². The summed E-state index contributed by atoms with van der Waals surface area (Å²) < 4.78 is 18.1. The van der Waals surface area contributed by atoms with E-state index in [0.29, 0.717) is 116 Å². The lowest BCUT2D eigenvalue weighted by Gasteiger charge is -2.12. The summed E-state index contributed by atoms with van der Waals surface area (Å²) in [6.07, 6.45) is 7.19. The Morgan fingerprint density at radius 2 is 0.540 bits per heavy atom. The summed E-state index contributed by atoms with van der Waals surface area (Å²) in [5, 5.41) is 13.2. The molecular weight excluding hydrogens is 1580 g/mol. The summed E-state index contributed by atoms with van der Waals surface area (Å²) in [4.78, 5) is 69.7. The normalized spacial score (nSPS) is 10.8. The number of aryl methyl sites for hydroxylation is 8. The van der Waals surface area contributed by atoms with Crippen molar-refractivity contribution in [1.29, 1.82) is 0 Å². The van der Waals surface area contributed by atoms with Crippen LogP contribution in [0.25, 0.3) is 0 Å². The van der Waals surface area contributed by atoms with Crippen molar-refractivity contribution in [3.63, 3.8) is 0 Å². The fourth-order valence-electron chi connectivity index (χ4n) is 14.3. The number of ether oxygens (including phenoxy) is 1. The van der Waals surface area contributed by atoms with Crippen LogP contribution in [-0.2, 0) is 56.1 Å². The largest absolute Gasteiger partial charge is 0.465 e. The lowest BCUT2D eigenvalue weighted by atomic mass is 10.0. The molecule has 12 aromatic carbocycles. The minimum absolute atomic E-state index is 0.281. The molecule has 126 heavy (non-hydrogen) atoms. The number of hydrogen-bond acceptors (Lipinski definition) is 19. The zero-order chi connectivity index (χ0) is 88.3. The maximum atomic E-state index is 13.2. The van der Waals surface area contributed by atoms with Gasteiger partial charge in [-0.3, -0.25) is 0 Å². The number of carbonyl (C=O) groups is 1. The number of hydrogen-bond donors (Lipinski definition) is 4. The average Bonchev–Trinajstić information content (AvgIpc) is 0.838. The van der Waals surface area contributed by atoms with E-state index >= 15 is 0 Å². The molecule has 0 unspecified atom stereocenters. The lowest BCUT2D eigenvalue weighted by Crippen LogP contribution is -2.09. The first kappa shape index (κ1) is 89.4. The number of nitrogens with zero attached hydrogens (tertiary/aromatic N) is 12. The van der Waals surface area contributed by atoms with Gasteiger partial charge in [0.05, 0.1) is 12.7 Å². The molecular formula is C106H105FN16O2S. The third kappa shape index (κ3) is 28.3. The smallest absolute Gasteiger partial charge is 0.337 e. The van der Waals surface area contributed by atoms with Crippen LogP contribution in [0.2, 0.25) is 0 Å². The van der Waals surface area contributed by atoms with E-state index in [2.05, 4.69) is 323 Å². The third-order valence-electron chi connectivity index (χ3n) is 20.2. The van der Waals surface area contributed by atoms with Crippen LogP contribution in [0.4, 0.5) is 50.9 Å². The number of anilines is 8. The highest BCUT2D eigenvalue weighted by Crippen LogP contribution is 2.27. The number of nitrogens with one attached hydrogen (secondary N) is 4. The van der Waals surface area contributed by atoms with Gasteiger partial charge in [0.25, 0.3) is 0 Å². The van der Waals surface area contributed by atoms with Crippen molar-refractivity contribution in [1.82, 2.24) is 59.8 Å². The first-order chi connectivity index (χ1) is 61.0. The third-order valence-corrected chi connectivity index (χ3v) is 21.0. The van der Waals surface area contributed by atoms with Crippen LogP contribution in [0.15, 0.2) is 296 Å². The summed E-state index contributed by atoms with van der Waals surface area (Å²) in [5.41, 5.74) is 24.2. The van der Waals surface area contributed by atoms with E-state index < -0.39 is 5.97 Å². The van der Waals surface area contributed by atoms with Crippen molar-refractivity contribution in [3.8, 4) is 0 Å². The molecule has 0 saturated carbocycles. The Hall–Kier alpha value is -14.4. The van der Waals surface area contributed by atoms with Crippen molar-refractivity contribution in [2.75, 3.05) is 34.6 Å². The zero-order valence-electron chi connectivity index (χ0n) is 73.4. The quantitative estimate of drug-likeness (QED) is 0.0277. The summed E-state index contributed by atoms with van der Waals surface area (Å²) in [6, 6.07) is 97.1. The fraction of sp³-hybridized carbons (Fsp3) is 0.198. The molecule has 0 spiro atoms. The fourth-order valence-corrected chi connectivity index (χ4v) is 14.8. The van der Waals surface area contributed by atoms with Crippen LogP contribution >= 0.6 is 11.8 Å². The van der Waals surface area contributed by atoms with E-state index in [9.17, 15) is 9.18 Å². The molecule has 4 heterocycles. The van der Waals surface area contributed by atoms with Gasteiger partial charge in [-0.25, -0.2) is 29.1 Å². The molecule has 4 N–H and O–H groups in total. The lowest BCUT2D eigenvalue weighted by molar-refractivity contribution is 0.0600. The Bertz CT molecular complexity index is 6120. The Kier molecular flexibility index (Phi) is 31.3. The second-order valence-electron chi connectivity index (χ2n) is 31.9. The summed E-state index contributed by atoms with van der Waals surface area (Å²) in [5.74, 6) is 7.71. The van der Waals surface area contributed by atoms with Crippen molar-refractivity contribution in [3.05, 3.63) is 444 Å². The van der Waals surface area contributed by atoms with E-state index in [0.717, 1.165) is 62.6 Å². The maximum absolute atomic E-state index is 13.2. The van der Waals surface area contributed by atoms with Gasteiger partial charge in [0.1, 0.15) is 52.4 Å². The van der Waals surface area contributed by atoms with Gasteiger partial charge < -0.3 is 26.0 Å². The minimum atomic E-state index is -0.394. The van der Waals surface area contributed by atoms with Crippen LogP contribution in [0.5, 0.6) is 0 Å². The number of thioether (sulfide) groups is 1.